The second-order valence-electron chi connectivity index (χ2n) is 4.69. The summed E-state index contributed by atoms with van der Waals surface area (Å²) in [4.78, 5) is 21.7. The van der Waals surface area contributed by atoms with Crippen molar-refractivity contribution in [3.63, 3.8) is 0 Å². The van der Waals surface area contributed by atoms with Crippen molar-refractivity contribution in [3.8, 4) is 0 Å². The predicted molar refractivity (Wildman–Crippen MR) is 82.9 cm³/mol. The molecular weight excluding hydrogens is 301 g/mol. The lowest BCUT2D eigenvalue weighted by Crippen LogP contribution is -2.08. The van der Waals surface area contributed by atoms with Crippen LogP contribution in [-0.2, 0) is 11.2 Å². The molecule has 0 radical (unpaired) electrons. The number of hydrogen-bond donors (Lipinski definition) is 0. The van der Waals surface area contributed by atoms with Gasteiger partial charge in [-0.05, 0) is 35.4 Å². The quantitative estimate of drug-likeness (QED) is 0.465. The van der Waals surface area contributed by atoms with E-state index in [1.54, 1.807) is 18.2 Å². The van der Waals surface area contributed by atoms with Crippen LogP contribution in [0.2, 0.25) is 0 Å². The van der Waals surface area contributed by atoms with E-state index in [2.05, 4.69) is 0 Å². The Bertz CT molecular complexity index is 726. The second-order valence-corrected chi connectivity index (χ2v) is 4.69. The van der Waals surface area contributed by atoms with Crippen molar-refractivity contribution < 1.29 is 18.8 Å². The third-order valence-corrected chi connectivity index (χ3v) is 3.12. The van der Waals surface area contributed by atoms with Crippen LogP contribution in [0, 0.1) is 15.9 Å². The van der Waals surface area contributed by atoms with E-state index in [9.17, 15) is 19.3 Å². The minimum Gasteiger partial charge on any atom is -0.462 e. The molecule has 0 aliphatic rings. The molecule has 2 aromatic rings. The molecule has 0 aromatic heterocycles. The molecule has 2 rings (SSSR count). The fraction of sp³-hybridized carbons (Fsp3) is 0.118. The van der Waals surface area contributed by atoms with E-state index in [0.29, 0.717) is 12.0 Å². The first-order chi connectivity index (χ1) is 11.1. The Morgan fingerprint density at radius 1 is 1.17 bits per heavy atom. The number of esters is 1. The first-order valence-corrected chi connectivity index (χ1v) is 6.88. The molecule has 0 aliphatic carbocycles. The average molecular weight is 315 g/mol. The molecule has 0 saturated carbocycles. The molecule has 0 heterocycles. The Hall–Kier alpha value is -3.02. The third-order valence-electron chi connectivity index (χ3n) is 3.12. The summed E-state index contributed by atoms with van der Waals surface area (Å²) in [6.45, 7) is 0.125. The van der Waals surface area contributed by atoms with Gasteiger partial charge in [-0.15, -0.1) is 0 Å². The molecule has 0 atom stereocenters. The van der Waals surface area contributed by atoms with Crippen LogP contribution in [0.1, 0.15) is 21.5 Å². The minimum absolute atomic E-state index is 0.125. The van der Waals surface area contributed by atoms with Gasteiger partial charge in [0.15, 0.2) is 0 Å². The molecule has 2 aromatic carbocycles. The normalized spacial score (nSPS) is 10.7. The Morgan fingerprint density at radius 2 is 1.87 bits per heavy atom. The molecule has 0 N–H and O–H groups in total. The van der Waals surface area contributed by atoms with Gasteiger partial charge in [-0.25, -0.2) is 9.18 Å². The van der Waals surface area contributed by atoms with Gasteiger partial charge in [-0.2, -0.15) is 0 Å². The van der Waals surface area contributed by atoms with Gasteiger partial charge < -0.3 is 4.74 Å². The summed E-state index contributed by atoms with van der Waals surface area (Å²) in [6.07, 6.45) is 2.69. The molecule has 0 unspecified atom stereocenters. The maximum Gasteiger partial charge on any atom is 0.338 e. The maximum atomic E-state index is 12.8. The summed E-state index contributed by atoms with van der Waals surface area (Å²) in [7, 11) is 0. The summed E-state index contributed by atoms with van der Waals surface area (Å²) in [5.41, 5.74) is 1.80. The van der Waals surface area contributed by atoms with E-state index in [1.165, 1.54) is 30.3 Å². The van der Waals surface area contributed by atoms with E-state index in [0.717, 1.165) is 11.8 Å². The van der Waals surface area contributed by atoms with Crippen molar-refractivity contribution in [2.75, 3.05) is 6.61 Å². The molecule has 5 nitrogen and oxygen atoms in total. The first kappa shape index (κ1) is 16.4. The van der Waals surface area contributed by atoms with E-state index in [4.69, 9.17) is 4.74 Å². The summed E-state index contributed by atoms with van der Waals surface area (Å²) in [6, 6.07) is 12.2. The van der Waals surface area contributed by atoms with Gasteiger partial charge in [0, 0.05) is 12.5 Å². The van der Waals surface area contributed by atoms with Crippen LogP contribution in [-0.4, -0.2) is 17.5 Å². The number of ether oxygens (including phenoxy) is 1. The van der Waals surface area contributed by atoms with Crippen LogP contribution in [0.5, 0.6) is 0 Å². The van der Waals surface area contributed by atoms with Crippen LogP contribution in [0.25, 0.3) is 6.08 Å². The largest absolute Gasteiger partial charge is 0.462 e. The van der Waals surface area contributed by atoms with E-state index in [-0.39, 0.29) is 12.2 Å². The number of carbonyl (C=O) groups is 1. The van der Waals surface area contributed by atoms with Crippen LogP contribution < -0.4 is 0 Å². The predicted octanol–water partition coefficient (Wildman–Crippen LogP) is 3.47. The summed E-state index contributed by atoms with van der Waals surface area (Å²) >= 11 is 0. The zero-order valence-corrected chi connectivity index (χ0v) is 12.1. The molecule has 0 amide bonds. The summed E-state index contributed by atoms with van der Waals surface area (Å²) in [5.74, 6) is -0.962. The lowest BCUT2D eigenvalue weighted by molar-refractivity contribution is -0.400. The molecule has 0 aliphatic heterocycles. The van der Waals surface area contributed by atoms with Crippen LogP contribution >= 0.6 is 0 Å². The van der Waals surface area contributed by atoms with Crippen molar-refractivity contribution in [3.05, 3.63) is 87.4 Å². The molecule has 0 fully saturated rings. The fourth-order valence-corrected chi connectivity index (χ4v) is 1.99. The van der Waals surface area contributed by atoms with Crippen molar-refractivity contribution in [1.82, 2.24) is 0 Å². The molecule has 118 valence electrons. The van der Waals surface area contributed by atoms with Gasteiger partial charge in [0.1, 0.15) is 5.82 Å². The standard InChI is InChI=1S/C17H14FNO4/c18-16-7-5-15(6-8-16)17(20)23-12-10-14-4-2-1-3-13(14)9-11-19(21)22/h1-9,11H,10,12H2/b11-9+. The topological polar surface area (TPSA) is 69.4 Å². The van der Waals surface area contributed by atoms with Gasteiger partial charge in [0.2, 0.25) is 6.20 Å². The van der Waals surface area contributed by atoms with Gasteiger partial charge in [0.05, 0.1) is 17.1 Å². The fourth-order valence-electron chi connectivity index (χ4n) is 1.99. The SMILES string of the molecule is O=C(OCCc1ccccc1/C=C/[N+](=O)[O-])c1ccc(F)cc1. The lowest BCUT2D eigenvalue weighted by atomic mass is 10.1. The molecule has 0 saturated heterocycles. The highest BCUT2D eigenvalue weighted by molar-refractivity contribution is 5.89. The van der Waals surface area contributed by atoms with Gasteiger partial charge >= 0.3 is 5.97 Å². The number of carbonyl (C=O) groups excluding carboxylic acids is 1. The highest BCUT2D eigenvalue weighted by atomic mass is 19.1. The first-order valence-electron chi connectivity index (χ1n) is 6.88. The molecule has 23 heavy (non-hydrogen) atoms. The Kier molecular flexibility index (Phi) is 5.57. The molecule has 0 spiro atoms. The highest BCUT2D eigenvalue weighted by Crippen LogP contribution is 2.12. The number of nitro groups is 1. The third kappa shape index (κ3) is 5.03. The maximum absolute atomic E-state index is 12.8. The monoisotopic (exact) mass is 315 g/mol. The molecule has 0 bridgehead atoms. The van der Waals surface area contributed by atoms with Gasteiger partial charge in [-0.1, -0.05) is 24.3 Å². The number of rotatable bonds is 6. The van der Waals surface area contributed by atoms with Crippen molar-refractivity contribution in [1.29, 1.82) is 0 Å². The molecule has 6 heteroatoms. The van der Waals surface area contributed by atoms with E-state index >= 15 is 0 Å². The number of nitrogens with zero attached hydrogens (tertiary/aromatic N) is 1. The zero-order chi connectivity index (χ0) is 16.7. The van der Waals surface area contributed by atoms with Crippen LogP contribution in [0.15, 0.2) is 54.7 Å². The number of halogens is 1. The number of hydrogen-bond acceptors (Lipinski definition) is 4. The minimum atomic E-state index is -0.539. The van der Waals surface area contributed by atoms with E-state index in [1.807, 2.05) is 6.07 Å². The lowest BCUT2D eigenvalue weighted by Gasteiger charge is -2.07. The van der Waals surface area contributed by atoms with Crippen molar-refractivity contribution in [2.45, 2.75) is 6.42 Å². The number of benzene rings is 2. The van der Waals surface area contributed by atoms with Crippen molar-refractivity contribution >= 4 is 12.0 Å². The summed E-state index contributed by atoms with van der Waals surface area (Å²) in [5, 5.41) is 10.4. The van der Waals surface area contributed by atoms with Gasteiger partial charge in [-0.3, -0.25) is 10.1 Å². The zero-order valence-electron chi connectivity index (χ0n) is 12.1. The Labute approximate surface area is 132 Å². The summed E-state index contributed by atoms with van der Waals surface area (Å²) < 4.78 is 17.9. The van der Waals surface area contributed by atoms with Crippen LogP contribution in [0.4, 0.5) is 4.39 Å². The van der Waals surface area contributed by atoms with Crippen LogP contribution in [0.3, 0.4) is 0 Å². The average Bonchev–Trinajstić information content (AvgIpc) is 2.54. The smallest absolute Gasteiger partial charge is 0.338 e. The van der Waals surface area contributed by atoms with E-state index < -0.39 is 16.7 Å². The van der Waals surface area contributed by atoms with Gasteiger partial charge in [0.25, 0.3) is 0 Å². The van der Waals surface area contributed by atoms with Crippen molar-refractivity contribution in [2.24, 2.45) is 0 Å². The highest BCUT2D eigenvalue weighted by Gasteiger charge is 2.08. The second kappa shape index (κ2) is 7.84. The Morgan fingerprint density at radius 3 is 2.57 bits per heavy atom. The Balaban J connectivity index is 1.95. The molecular formula is C17H14FNO4.